The Balaban J connectivity index is 1.94. The maximum atomic E-state index is 12.4. The molecule has 0 unspecified atom stereocenters. The molecule has 1 aromatic carbocycles. The quantitative estimate of drug-likeness (QED) is 0.676. The Morgan fingerprint density at radius 3 is 2.48 bits per heavy atom. The first-order valence-corrected chi connectivity index (χ1v) is 6.55. The lowest BCUT2D eigenvalue weighted by molar-refractivity contribution is 0.102. The molecule has 0 saturated carbocycles. The number of anilines is 1. The van der Waals surface area contributed by atoms with E-state index in [-0.39, 0.29) is 11.6 Å². The molecule has 0 atom stereocenters. The highest BCUT2D eigenvalue weighted by molar-refractivity contribution is 6.06. The summed E-state index contributed by atoms with van der Waals surface area (Å²) in [6.45, 7) is 5.45. The number of hydrogen-bond acceptors (Lipinski definition) is 3. The Morgan fingerprint density at radius 1 is 1.10 bits per heavy atom. The van der Waals surface area contributed by atoms with Crippen LogP contribution in [0, 0.1) is 20.8 Å². The van der Waals surface area contributed by atoms with Crippen molar-refractivity contribution >= 4 is 22.6 Å². The van der Waals surface area contributed by atoms with Crippen molar-refractivity contribution in [2.45, 2.75) is 20.8 Å². The molecule has 1 amide bonds. The van der Waals surface area contributed by atoms with Crippen LogP contribution in [0.4, 0.5) is 5.69 Å². The second-order valence-corrected chi connectivity index (χ2v) is 5.01. The van der Waals surface area contributed by atoms with Crippen LogP contribution in [0.15, 0.2) is 27.4 Å². The van der Waals surface area contributed by atoms with E-state index in [0.29, 0.717) is 28.0 Å². The number of nitrogens with one attached hydrogen (secondary N) is 3. The van der Waals surface area contributed by atoms with Gasteiger partial charge in [-0.15, -0.1) is 0 Å². The first-order valence-electron chi connectivity index (χ1n) is 6.55. The minimum Gasteiger partial charge on any atom is -0.466 e. The van der Waals surface area contributed by atoms with Gasteiger partial charge in [-0.3, -0.25) is 4.79 Å². The third-order valence-electron chi connectivity index (χ3n) is 3.56. The summed E-state index contributed by atoms with van der Waals surface area (Å²) in [6, 6.07) is 5.19. The van der Waals surface area contributed by atoms with Gasteiger partial charge in [0.25, 0.3) is 5.91 Å². The van der Waals surface area contributed by atoms with Gasteiger partial charge in [0.15, 0.2) is 0 Å². The maximum Gasteiger partial charge on any atom is 0.323 e. The van der Waals surface area contributed by atoms with Crippen LogP contribution in [0.5, 0.6) is 0 Å². The van der Waals surface area contributed by atoms with Gasteiger partial charge in [-0.2, -0.15) is 0 Å². The number of furan rings is 1. The van der Waals surface area contributed by atoms with Crippen LogP contribution >= 0.6 is 0 Å². The Hall–Kier alpha value is -2.76. The lowest BCUT2D eigenvalue weighted by atomic mass is 10.1. The highest BCUT2D eigenvalue weighted by Gasteiger charge is 2.18. The van der Waals surface area contributed by atoms with E-state index in [1.165, 1.54) is 0 Å². The summed E-state index contributed by atoms with van der Waals surface area (Å²) in [7, 11) is 0. The van der Waals surface area contributed by atoms with Crippen LogP contribution in [0.1, 0.15) is 27.4 Å². The molecule has 0 fully saturated rings. The summed E-state index contributed by atoms with van der Waals surface area (Å²) in [5.74, 6) is 1.11. The average molecular weight is 285 g/mol. The summed E-state index contributed by atoms with van der Waals surface area (Å²) < 4.78 is 5.46. The largest absolute Gasteiger partial charge is 0.466 e. The number of H-pyrrole nitrogens is 2. The average Bonchev–Trinajstić information content (AvgIpc) is 2.88. The summed E-state index contributed by atoms with van der Waals surface area (Å²) in [5.41, 5.74) is 3.07. The SMILES string of the molecule is Cc1oc(C)c(C(=O)Nc2ccc3[nH]c(=O)[nH]c3c2)c1C. The number of aromatic amines is 2. The van der Waals surface area contributed by atoms with Crippen molar-refractivity contribution in [2.75, 3.05) is 5.32 Å². The smallest absolute Gasteiger partial charge is 0.323 e. The van der Waals surface area contributed by atoms with E-state index < -0.39 is 0 Å². The predicted molar refractivity (Wildman–Crippen MR) is 79.8 cm³/mol. The van der Waals surface area contributed by atoms with E-state index in [0.717, 1.165) is 11.3 Å². The number of amides is 1. The van der Waals surface area contributed by atoms with Crippen molar-refractivity contribution in [1.29, 1.82) is 0 Å². The van der Waals surface area contributed by atoms with Crippen molar-refractivity contribution in [2.24, 2.45) is 0 Å². The topological polar surface area (TPSA) is 90.9 Å². The van der Waals surface area contributed by atoms with Crippen LogP contribution in [-0.4, -0.2) is 15.9 Å². The molecule has 2 heterocycles. The van der Waals surface area contributed by atoms with E-state index in [1.54, 1.807) is 25.1 Å². The molecule has 3 rings (SSSR count). The number of imidazole rings is 1. The molecule has 6 nitrogen and oxygen atoms in total. The lowest BCUT2D eigenvalue weighted by Crippen LogP contribution is -2.13. The van der Waals surface area contributed by atoms with E-state index in [4.69, 9.17) is 4.42 Å². The molecule has 108 valence electrons. The normalized spacial score (nSPS) is 11.0. The van der Waals surface area contributed by atoms with Gasteiger partial charge >= 0.3 is 5.69 Å². The molecule has 3 N–H and O–H groups in total. The van der Waals surface area contributed by atoms with E-state index in [1.807, 2.05) is 13.8 Å². The van der Waals surface area contributed by atoms with Gasteiger partial charge in [0, 0.05) is 11.3 Å². The van der Waals surface area contributed by atoms with Crippen LogP contribution < -0.4 is 11.0 Å². The highest BCUT2D eigenvalue weighted by atomic mass is 16.3. The van der Waals surface area contributed by atoms with Crippen LogP contribution in [0.25, 0.3) is 11.0 Å². The molecule has 0 aliphatic carbocycles. The molecule has 0 aliphatic heterocycles. The number of carbonyl (C=O) groups excluding carboxylic acids is 1. The van der Waals surface area contributed by atoms with Gasteiger partial charge < -0.3 is 19.7 Å². The van der Waals surface area contributed by atoms with Gasteiger partial charge in [0.2, 0.25) is 0 Å². The number of carbonyl (C=O) groups is 1. The fourth-order valence-corrected chi connectivity index (χ4v) is 2.43. The molecule has 0 radical (unpaired) electrons. The third-order valence-corrected chi connectivity index (χ3v) is 3.56. The van der Waals surface area contributed by atoms with Crippen LogP contribution in [0.3, 0.4) is 0 Å². The Bertz CT molecular complexity index is 899. The maximum absolute atomic E-state index is 12.4. The standard InChI is InChI=1S/C15H15N3O3/c1-7-8(2)21-9(3)13(7)14(19)16-10-4-5-11-12(6-10)18-15(20)17-11/h4-6H,1-3H3,(H,16,19)(H2,17,18,20). The Labute approximate surface area is 120 Å². The minimum atomic E-state index is -0.273. The number of aryl methyl sites for hydroxylation is 2. The van der Waals surface area contributed by atoms with E-state index in [9.17, 15) is 9.59 Å². The number of fused-ring (bicyclic) bond motifs is 1. The number of rotatable bonds is 2. The van der Waals surface area contributed by atoms with Gasteiger partial charge in [-0.05, 0) is 39.0 Å². The molecular weight excluding hydrogens is 270 g/mol. The zero-order valence-corrected chi connectivity index (χ0v) is 12.0. The zero-order chi connectivity index (χ0) is 15.1. The van der Waals surface area contributed by atoms with Gasteiger partial charge in [-0.25, -0.2) is 4.79 Å². The number of aromatic nitrogens is 2. The molecule has 0 saturated heterocycles. The Morgan fingerprint density at radius 2 is 1.81 bits per heavy atom. The fourth-order valence-electron chi connectivity index (χ4n) is 2.43. The number of hydrogen-bond donors (Lipinski definition) is 3. The van der Waals surface area contributed by atoms with Crippen molar-refractivity contribution in [1.82, 2.24) is 9.97 Å². The first kappa shape index (κ1) is 13.2. The summed E-state index contributed by atoms with van der Waals surface area (Å²) in [5, 5.41) is 2.82. The first-order chi connectivity index (χ1) is 9.95. The summed E-state index contributed by atoms with van der Waals surface area (Å²) >= 11 is 0. The van der Waals surface area contributed by atoms with Gasteiger partial charge in [0.05, 0.1) is 16.6 Å². The van der Waals surface area contributed by atoms with Crippen molar-refractivity contribution < 1.29 is 9.21 Å². The molecule has 0 bridgehead atoms. The summed E-state index contributed by atoms with van der Waals surface area (Å²) in [6.07, 6.45) is 0. The third kappa shape index (κ3) is 2.24. The fraction of sp³-hybridized carbons (Fsp3) is 0.200. The van der Waals surface area contributed by atoms with Gasteiger partial charge in [0.1, 0.15) is 11.5 Å². The predicted octanol–water partition coefficient (Wildman–Crippen LogP) is 2.63. The minimum absolute atomic E-state index is 0.223. The molecular formula is C15H15N3O3. The molecule has 2 aromatic heterocycles. The van der Waals surface area contributed by atoms with Crippen LogP contribution in [0.2, 0.25) is 0 Å². The zero-order valence-electron chi connectivity index (χ0n) is 12.0. The molecule has 6 heteroatoms. The molecule has 3 aromatic rings. The molecule has 21 heavy (non-hydrogen) atoms. The van der Waals surface area contributed by atoms with Gasteiger partial charge in [-0.1, -0.05) is 0 Å². The van der Waals surface area contributed by atoms with Crippen LogP contribution in [-0.2, 0) is 0 Å². The highest BCUT2D eigenvalue weighted by Crippen LogP contribution is 2.22. The number of benzene rings is 1. The van der Waals surface area contributed by atoms with Crippen molar-refractivity contribution in [3.8, 4) is 0 Å². The lowest BCUT2D eigenvalue weighted by Gasteiger charge is -2.05. The molecule has 0 aliphatic rings. The summed E-state index contributed by atoms with van der Waals surface area (Å²) in [4.78, 5) is 28.9. The second-order valence-electron chi connectivity index (χ2n) is 5.01. The Kier molecular flexibility index (Phi) is 2.94. The van der Waals surface area contributed by atoms with E-state index in [2.05, 4.69) is 15.3 Å². The van der Waals surface area contributed by atoms with E-state index >= 15 is 0 Å². The monoisotopic (exact) mass is 285 g/mol. The van der Waals surface area contributed by atoms with Crippen molar-refractivity contribution in [3.05, 3.63) is 51.3 Å². The second kappa shape index (κ2) is 4.66. The molecule has 0 spiro atoms. The van der Waals surface area contributed by atoms with Crippen molar-refractivity contribution in [3.63, 3.8) is 0 Å².